The third-order valence-corrected chi connectivity index (χ3v) is 5.93. The number of fused-ring (bicyclic) bond motifs is 1. The maximum Gasteiger partial charge on any atom is 0.272 e. The number of nitrogens with zero attached hydrogens (tertiary/aromatic N) is 4. The quantitative estimate of drug-likeness (QED) is 0.288. The number of unbranched alkanes of at least 4 members (excludes halogenated alkanes) is 1. The van der Waals surface area contributed by atoms with Crippen LogP contribution in [0.3, 0.4) is 0 Å². The van der Waals surface area contributed by atoms with E-state index in [4.69, 9.17) is 9.72 Å². The van der Waals surface area contributed by atoms with Gasteiger partial charge in [0.1, 0.15) is 17.3 Å². The van der Waals surface area contributed by atoms with Crippen LogP contribution in [0.1, 0.15) is 54.5 Å². The predicted octanol–water partition coefficient (Wildman–Crippen LogP) is 5.69. The molecular weight excluding hydrogens is 424 g/mol. The van der Waals surface area contributed by atoms with Gasteiger partial charge in [-0.1, -0.05) is 44.2 Å². The fourth-order valence-electron chi connectivity index (χ4n) is 3.98. The molecule has 2 heterocycles. The lowest BCUT2D eigenvalue weighted by molar-refractivity contribution is 0.0774. The van der Waals surface area contributed by atoms with Crippen LogP contribution in [0.5, 0.6) is 5.75 Å². The second kappa shape index (κ2) is 11.0. The van der Waals surface area contributed by atoms with Crippen molar-refractivity contribution in [3.05, 3.63) is 90.0 Å². The Balaban J connectivity index is 1.37. The van der Waals surface area contributed by atoms with Crippen molar-refractivity contribution in [3.8, 4) is 5.75 Å². The standard InChI is InChI=1S/C28H32N4O2/c1-21(2)22-13-15-23(16-14-22)34-19-9-8-18-32-26-12-5-4-10-24(26)30-27(32)20-31(3)28(33)25-11-6-7-17-29-25/h4-7,10-17,21H,8-9,18-20H2,1-3H3. The first-order chi connectivity index (χ1) is 16.5. The SMILES string of the molecule is CC(C)c1ccc(OCCCCn2c(CN(C)C(=O)c3ccccn3)nc3ccccc32)cc1. The van der Waals surface area contributed by atoms with Gasteiger partial charge in [-0.3, -0.25) is 9.78 Å². The Bertz CT molecular complexity index is 1220. The van der Waals surface area contributed by atoms with E-state index >= 15 is 0 Å². The summed E-state index contributed by atoms with van der Waals surface area (Å²) in [6.45, 7) is 6.28. The number of para-hydroxylation sites is 2. The molecule has 176 valence electrons. The topological polar surface area (TPSA) is 60.2 Å². The molecule has 0 atom stereocenters. The highest BCUT2D eigenvalue weighted by Gasteiger charge is 2.17. The van der Waals surface area contributed by atoms with Gasteiger partial charge in [-0.2, -0.15) is 0 Å². The van der Waals surface area contributed by atoms with Crippen molar-refractivity contribution in [1.82, 2.24) is 19.4 Å². The maximum absolute atomic E-state index is 12.8. The zero-order valence-electron chi connectivity index (χ0n) is 20.1. The van der Waals surface area contributed by atoms with E-state index in [0.29, 0.717) is 24.8 Å². The minimum atomic E-state index is -0.115. The molecular formula is C28H32N4O2. The van der Waals surface area contributed by atoms with Crippen molar-refractivity contribution in [2.45, 2.75) is 45.7 Å². The average Bonchev–Trinajstić information content (AvgIpc) is 3.21. The molecule has 0 aliphatic rings. The first-order valence-electron chi connectivity index (χ1n) is 11.9. The Kier molecular flexibility index (Phi) is 7.58. The van der Waals surface area contributed by atoms with Gasteiger partial charge >= 0.3 is 0 Å². The number of ether oxygens (including phenoxy) is 1. The van der Waals surface area contributed by atoms with Gasteiger partial charge in [-0.25, -0.2) is 4.98 Å². The van der Waals surface area contributed by atoms with E-state index in [1.165, 1.54) is 5.56 Å². The lowest BCUT2D eigenvalue weighted by Gasteiger charge is -2.17. The number of carbonyl (C=O) groups is 1. The van der Waals surface area contributed by atoms with Gasteiger partial charge in [0.05, 0.1) is 24.2 Å². The molecule has 0 N–H and O–H groups in total. The Morgan fingerprint density at radius 1 is 1.00 bits per heavy atom. The zero-order chi connectivity index (χ0) is 23.9. The summed E-state index contributed by atoms with van der Waals surface area (Å²) in [4.78, 5) is 23.4. The number of rotatable bonds is 10. The molecule has 0 radical (unpaired) electrons. The van der Waals surface area contributed by atoms with Gasteiger partial charge in [0.25, 0.3) is 5.91 Å². The molecule has 0 saturated heterocycles. The summed E-state index contributed by atoms with van der Waals surface area (Å²) < 4.78 is 8.16. The lowest BCUT2D eigenvalue weighted by atomic mass is 10.0. The summed E-state index contributed by atoms with van der Waals surface area (Å²) in [7, 11) is 1.79. The Hall–Kier alpha value is -3.67. The van der Waals surface area contributed by atoms with Crippen LogP contribution in [-0.2, 0) is 13.1 Å². The molecule has 2 aromatic carbocycles. The molecule has 6 heteroatoms. The van der Waals surface area contributed by atoms with Crippen LogP contribution in [0.25, 0.3) is 11.0 Å². The van der Waals surface area contributed by atoms with Crippen molar-refractivity contribution in [3.63, 3.8) is 0 Å². The van der Waals surface area contributed by atoms with Crippen LogP contribution >= 0.6 is 0 Å². The minimum Gasteiger partial charge on any atom is -0.494 e. The average molecular weight is 457 g/mol. The van der Waals surface area contributed by atoms with E-state index in [1.807, 2.05) is 36.4 Å². The van der Waals surface area contributed by atoms with E-state index in [1.54, 1.807) is 30.3 Å². The highest BCUT2D eigenvalue weighted by atomic mass is 16.5. The fraction of sp³-hybridized carbons (Fsp3) is 0.321. The summed E-state index contributed by atoms with van der Waals surface area (Å²) in [6, 6.07) is 21.8. The Morgan fingerprint density at radius 2 is 1.76 bits per heavy atom. The number of carbonyl (C=O) groups excluding carboxylic acids is 1. The summed E-state index contributed by atoms with van der Waals surface area (Å²) in [6.07, 6.45) is 3.52. The number of aryl methyl sites for hydroxylation is 1. The molecule has 1 amide bonds. The van der Waals surface area contributed by atoms with Crippen LogP contribution in [-0.4, -0.2) is 39.0 Å². The molecule has 0 bridgehead atoms. The number of imidazole rings is 1. The van der Waals surface area contributed by atoms with Gasteiger partial charge in [-0.15, -0.1) is 0 Å². The second-order valence-electron chi connectivity index (χ2n) is 8.82. The molecule has 0 unspecified atom stereocenters. The Labute approximate surface area is 201 Å². The number of amides is 1. The van der Waals surface area contributed by atoms with Crippen LogP contribution in [0.4, 0.5) is 0 Å². The van der Waals surface area contributed by atoms with Crippen LogP contribution in [0, 0.1) is 0 Å². The molecule has 0 spiro atoms. The molecule has 0 saturated carbocycles. The number of aromatic nitrogens is 3. The van der Waals surface area contributed by atoms with Crippen molar-refractivity contribution in [1.29, 1.82) is 0 Å². The van der Waals surface area contributed by atoms with E-state index < -0.39 is 0 Å². The summed E-state index contributed by atoms with van der Waals surface area (Å²) in [5.74, 6) is 2.19. The number of pyridine rings is 1. The molecule has 4 rings (SSSR count). The third-order valence-electron chi connectivity index (χ3n) is 5.93. The van der Waals surface area contributed by atoms with Gasteiger partial charge in [0, 0.05) is 19.8 Å². The fourth-order valence-corrected chi connectivity index (χ4v) is 3.98. The summed E-state index contributed by atoms with van der Waals surface area (Å²) in [5.41, 5.74) is 3.78. The predicted molar refractivity (Wildman–Crippen MR) is 135 cm³/mol. The smallest absolute Gasteiger partial charge is 0.272 e. The highest BCUT2D eigenvalue weighted by molar-refractivity contribution is 5.92. The lowest BCUT2D eigenvalue weighted by Crippen LogP contribution is -2.28. The molecule has 2 aromatic heterocycles. The van der Waals surface area contributed by atoms with Gasteiger partial charge < -0.3 is 14.2 Å². The van der Waals surface area contributed by atoms with Crippen LogP contribution in [0.2, 0.25) is 0 Å². The van der Waals surface area contributed by atoms with Crippen LogP contribution in [0.15, 0.2) is 72.9 Å². The maximum atomic E-state index is 12.8. The Morgan fingerprint density at radius 3 is 2.50 bits per heavy atom. The molecule has 6 nitrogen and oxygen atoms in total. The largest absolute Gasteiger partial charge is 0.494 e. The number of hydrogen-bond acceptors (Lipinski definition) is 4. The summed E-state index contributed by atoms with van der Waals surface area (Å²) in [5, 5.41) is 0. The van der Waals surface area contributed by atoms with Gasteiger partial charge in [0.2, 0.25) is 0 Å². The van der Waals surface area contributed by atoms with E-state index in [2.05, 4.69) is 41.6 Å². The third kappa shape index (κ3) is 5.63. The van der Waals surface area contributed by atoms with Gasteiger partial charge in [0.15, 0.2) is 0 Å². The van der Waals surface area contributed by atoms with Gasteiger partial charge in [-0.05, 0) is 60.7 Å². The minimum absolute atomic E-state index is 0.115. The first kappa shape index (κ1) is 23.5. The highest BCUT2D eigenvalue weighted by Crippen LogP contribution is 2.20. The van der Waals surface area contributed by atoms with Crippen molar-refractivity contribution in [2.24, 2.45) is 0 Å². The molecule has 34 heavy (non-hydrogen) atoms. The molecule has 0 aliphatic carbocycles. The van der Waals surface area contributed by atoms with Crippen molar-refractivity contribution < 1.29 is 9.53 Å². The second-order valence-corrected chi connectivity index (χ2v) is 8.82. The zero-order valence-corrected chi connectivity index (χ0v) is 20.1. The number of benzene rings is 2. The first-order valence-corrected chi connectivity index (χ1v) is 11.9. The summed E-state index contributed by atoms with van der Waals surface area (Å²) >= 11 is 0. The van der Waals surface area contributed by atoms with E-state index in [-0.39, 0.29) is 5.91 Å². The number of hydrogen-bond donors (Lipinski definition) is 0. The molecule has 0 aliphatic heterocycles. The van der Waals surface area contributed by atoms with Crippen molar-refractivity contribution >= 4 is 16.9 Å². The molecule has 4 aromatic rings. The van der Waals surface area contributed by atoms with E-state index in [9.17, 15) is 4.79 Å². The van der Waals surface area contributed by atoms with E-state index in [0.717, 1.165) is 42.0 Å². The van der Waals surface area contributed by atoms with Crippen LogP contribution < -0.4 is 4.74 Å². The monoisotopic (exact) mass is 456 g/mol. The normalized spacial score (nSPS) is 11.2. The van der Waals surface area contributed by atoms with Crippen molar-refractivity contribution in [2.75, 3.05) is 13.7 Å². The molecule has 0 fully saturated rings.